The molecule has 0 saturated heterocycles. The number of hydrogen-bond acceptors (Lipinski definition) is 3. The van der Waals surface area contributed by atoms with Crippen LogP contribution in [-0.4, -0.2) is 9.97 Å². The number of halogens is 1. The lowest BCUT2D eigenvalue weighted by Gasteiger charge is -2.08. The van der Waals surface area contributed by atoms with Crippen molar-refractivity contribution in [1.82, 2.24) is 15.3 Å². The zero-order valence-electron chi connectivity index (χ0n) is 10.4. The molecule has 2 heterocycles. The maximum absolute atomic E-state index is 4.41. The fourth-order valence-electron chi connectivity index (χ4n) is 1.81. The Kier molecular flexibility index (Phi) is 4.84. The van der Waals surface area contributed by atoms with E-state index < -0.39 is 0 Å². The highest BCUT2D eigenvalue weighted by molar-refractivity contribution is 9.10. The number of nitrogens with one attached hydrogen (secondary N) is 1. The third-order valence-electron chi connectivity index (χ3n) is 2.74. The Bertz CT molecular complexity index is 514. The first-order valence-corrected chi connectivity index (χ1v) is 6.84. The molecule has 0 unspecified atom stereocenters. The molecule has 4 heteroatoms. The Morgan fingerprint density at radius 1 is 1.17 bits per heavy atom. The molecule has 0 aliphatic rings. The Hall–Kier alpha value is -1.26. The molecule has 0 saturated carbocycles. The lowest BCUT2D eigenvalue weighted by molar-refractivity contribution is 0.661. The van der Waals surface area contributed by atoms with E-state index in [4.69, 9.17) is 0 Å². The molecule has 3 nitrogen and oxygen atoms in total. The van der Waals surface area contributed by atoms with Crippen molar-refractivity contribution in [3.05, 3.63) is 58.1 Å². The van der Waals surface area contributed by atoms with Gasteiger partial charge in [-0.25, -0.2) is 4.98 Å². The van der Waals surface area contributed by atoms with Gasteiger partial charge in [0.05, 0.1) is 11.4 Å². The molecule has 18 heavy (non-hydrogen) atoms. The van der Waals surface area contributed by atoms with Crippen molar-refractivity contribution in [2.24, 2.45) is 0 Å². The summed E-state index contributed by atoms with van der Waals surface area (Å²) in [5.41, 5.74) is 3.44. The van der Waals surface area contributed by atoms with Crippen LogP contribution >= 0.6 is 15.9 Å². The van der Waals surface area contributed by atoms with Crippen molar-refractivity contribution in [3.63, 3.8) is 0 Å². The standard InChI is InChI=1S/C14H16BrN3/c1-2-11-5-4-8-17-13(11)10-16-9-12-6-3-7-14(15)18-12/h3-8,16H,2,9-10H2,1H3. The topological polar surface area (TPSA) is 37.8 Å². The molecule has 0 radical (unpaired) electrons. The summed E-state index contributed by atoms with van der Waals surface area (Å²) in [4.78, 5) is 8.79. The van der Waals surface area contributed by atoms with Gasteiger partial charge in [0, 0.05) is 19.3 Å². The number of aromatic nitrogens is 2. The summed E-state index contributed by atoms with van der Waals surface area (Å²) in [5.74, 6) is 0. The first kappa shape index (κ1) is 13.2. The molecule has 2 rings (SSSR count). The minimum atomic E-state index is 0.749. The monoisotopic (exact) mass is 305 g/mol. The molecule has 0 aromatic carbocycles. The molecule has 0 bridgehead atoms. The van der Waals surface area contributed by atoms with E-state index in [0.29, 0.717) is 0 Å². The number of pyridine rings is 2. The zero-order valence-corrected chi connectivity index (χ0v) is 11.9. The van der Waals surface area contributed by atoms with Crippen molar-refractivity contribution >= 4 is 15.9 Å². The number of aryl methyl sites for hydroxylation is 1. The molecule has 0 amide bonds. The fourth-order valence-corrected chi connectivity index (χ4v) is 2.19. The van der Waals surface area contributed by atoms with Gasteiger partial charge in [0.2, 0.25) is 0 Å². The van der Waals surface area contributed by atoms with Crippen LogP contribution in [0.2, 0.25) is 0 Å². The molecule has 1 N–H and O–H groups in total. The minimum absolute atomic E-state index is 0.749. The maximum atomic E-state index is 4.41. The van der Waals surface area contributed by atoms with Gasteiger partial charge in [-0.3, -0.25) is 4.98 Å². The van der Waals surface area contributed by atoms with Crippen molar-refractivity contribution in [2.75, 3.05) is 0 Å². The average molecular weight is 306 g/mol. The Balaban J connectivity index is 1.92. The molecule has 2 aromatic rings. The molecule has 0 atom stereocenters. The second-order valence-corrected chi connectivity index (χ2v) is 4.83. The van der Waals surface area contributed by atoms with E-state index in [0.717, 1.165) is 35.5 Å². The van der Waals surface area contributed by atoms with Crippen LogP contribution in [0.3, 0.4) is 0 Å². The third kappa shape index (κ3) is 3.62. The third-order valence-corrected chi connectivity index (χ3v) is 3.18. The van der Waals surface area contributed by atoms with Crippen molar-refractivity contribution in [3.8, 4) is 0 Å². The summed E-state index contributed by atoms with van der Waals surface area (Å²) in [6.07, 6.45) is 2.85. The Labute approximate surface area is 116 Å². The lowest BCUT2D eigenvalue weighted by atomic mass is 10.1. The van der Waals surface area contributed by atoms with Gasteiger partial charge in [-0.15, -0.1) is 0 Å². The first-order valence-electron chi connectivity index (χ1n) is 6.04. The lowest BCUT2D eigenvalue weighted by Crippen LogP contribution is -2.15. The van der Waals surface area contributed by atoms with Crippen LogP contribution in [0.1, 0.15) is 23.9 Å². The second kappa shape index (κ2) is 6.61. The summed E-state index contributed by atoms with van der Waals surface area (Å²) in [6.45, 7) is 3.67. The van der Waals surface area contributed by atoms with Crippen LogP contribution < -0.4 is 5.32 Å². The molecule has 0 spiro atoms. The van der Waals surface area contributed by atoms with Crippen LogP contribution in [0.5, 0.6) is 0 Å². The van der Waals surface area contributed by atoms with Gasteiger partial charge in [-0.2, -0.15) is 0 Å². The summed E-state index contributed by atoms with van der Waals surface area (Å²) in [6, 6.07) is 10.0. The van der Waals surface area contributed by atoms with Crippen molar-refractivity contribution < 1.29 is 0 Å². The molecule has 0 aliphatic carbocycles. The van der Waals surface area contributed by atoms with Gasteiger partial charge in [0.25, 0.3) is 0 Å². The number of rotatable bonds is 5. The van der Waals surface area contributed by atoms with Gasteiger partial charge >= 0.3 is 0 Å². The molecular formula is C14H16BrN3. The van der Waals surface area contributed by atoms with E-state index in [2.05, 4.69) is 44.2 Å². The van der Waals surface area contributed by atoms with Gasteiger partial charge < -0.3 is 5.32 Å². The summed E-state index contributed by atoms with van der Waals surface area (Å²) < 4.78 is 0.869. The molecular weight excluding hydrogens is 290 g/mol. The van der Waals surface area contributed by atoms with E-state index in [1.165, 1.54) is 5.56 Å². The normalized spacial score (nSPS) is 10.6. The van der Waals surface area contributed by atoms with E-state index in [1.807, 2.05) is 30.5 Å². The number of hydrogen-bond donors (Lipinski definition) is 1. The highest BCUT2D eigenvalue weighted by Gasteiger charge is 2.01. The Morgan fingerprint density at radius 2 is 2.06 bits per heavy atom. The van der Waals surface area contributed by atoms with Crippen LogP contribution in [0.15, 0.2) is 41.1 Å². The predicted molar refractivity (Wildman–Crippen MR) is 76.1 cm³/mol. The van der Waals surface area contributed by atoms with Crippen LogP contribution in [-0.2, 0) is 19.5 Å². The fraction of sp³-hybridized carbons (Fsp3) is 0.286. The molecule has 0 fully saturated rings. The quantitative estimate of drug-likeness (QED) is 0.863. The SMILES string of the molecule is CCc1cccnc1CNCc1cccc(Br)n1. The maximum Gasteiger partial charge on any atom is 0.106 e. The molecule has 0 aliphatic heterocycles. The van der Waals surface area contributed by atoms with Gasteiger partial charge in [0.1, 0.15) is 4.60 Å². The molecule has 2 aromatic heterocycles. The zero-order chi connectivity index (χ0) is 12.8. The number of nitrogens with zero attached hydrogens (tertiary/aromatic N) is 2. The summed E-state index contributed by atoms with van der Waals surface area (Å²) in [5, 5.41) is 3.37. The largest absolute Gasteiger partial charge is 0.305 e. The highest BCUT2D eigenvalue weighted by atomic mass is 79.9. The van der Waals surface area contributed by atoms with Crippen LogP contribution in [0.4, 0.5) is 0 Å². The van der Waals surface area contributed by atoms with Gasteiger partial charge in [-0.1, -0.05) is 19.1 Å². The minimum Gasteiger partial charge on any atom is -0.305 e. The smallest absolute Gasteiger partial charge is 0.106 e. The average Bonchev–Trinajstić information content (AvgIpc) is 2.39. The van der Waals surface area contributed by atoms with Crippen molar-refractivity contribution in [1.29, 1.82) is 0 Å². The van der Waals surface area contributed by atoms with Gasteiger partial charge in [0.15, 0.2) is 0 Å². The summed E-state index contributed by atoms with van der Waals surface area (Å²) >= 11 is 3.37. The van der Waals surface area contributed by atoms with Crippen molar-refractivity contribution in [2.45, 2.75) is 26.4 Å². The van der Waals surface area contributed by atoms with E-state index in [1.54, 1.807) is 0 Å². The first-order chi connectivity index (χ1) is 8.79. The predicted octanol–water partition coefficient (Wildman–Crippen LogP) is 3.09. The highest BCUT2D eigenvalue weighted by Crippen LogP contribution is 2.08. The van der Waals surface area contributed by atoms with Crippen LogP contribution in [0.25, 0.3) is 0 Å². The Morgan fingerprint density at radius 3 is 2.83 bits per heavy atom. The van der Waals surface area contributed by atoms with Crippen LogP contribution in [0, 0.1) is 0 Å². The van der Waals surface area contributed by atoms with Gasteiger partial charge in [-0.05, 0) is 46.1 Å². The summed E-state index contributed by atoms with van der Waals surface area (Å²) in [7, 11) is 0. The second-order valence-electron chi connectivity index (χ2n) is 4.02. The van der Waals surface area contributed by atoms with E-state index in [9.17, 15) is 0 Å². The van der Waals surface area contributed by atoms with E-state index in [-0.39, 0.29) is 0 Å². The molecule has 94 valence electrons. The van der Waals surface area contributed by atoms with E-state index >= 15 is 0 Å².